The smallest absolute Gasteiger partial charge is 0.214 e. The third-order valence-electron chi connectivity index (χ3n) is 3.40. The Balaban J connectivity index is 1.83. The first kappa shape index (κ1) is 15.0. The van der Waals surface area contributed by atoms with E-state index in [0.29, 0.717) is 5.15 Å². The maximum atomic E-state index is 5.79. The molecule has 0 fully saturated rings. The van der Waals surface area contributed by atoms with Crippen molar-refractivity contribution < 1.29 is 0 Å². The molecule has 0 radical (unpaired) electrons. The lowest BCUT2D eigenvalue weighted by Gasteiger charge is -2.09. The van der Waals surface area contributed by atoms with Crippen molar-refractivity contribution in [1.82, 2.24) is 25.2 Å². The van der Waals surface area contributed by atoms with Gasteiger partial charge in [-0.2, -0.15) is 4.68 Å². The third kappa shape index (κ3) is 3.13. The largest absolute Gasteiger partial charge is 0.244 e. The fraction of sp³-hybridized carbons (Fsp3) is 0.200. The molecule has 0 atom stereocenters. The molecule has 2 aromatic heterocycles. The van der Waals surface area contributed by atoms with Crippen LogP contribution in [0.5, 0.6) is 0 Å². The van der Waals surface area contributed by atoms with Gasteiger partial charge in [0, 0.05) is 11.9 Å². The minimum atomic E-state index is 0.494. The van der Waals surface area contributed by atoms with Crippen LogP contribution in [-0.4, -0.2) is 25.2 Å². The number of nitrogens with zero attached hydrogens (tertiary/aromatic N) is 5. The molecule has 0 aliphatic heterocycles. The number of thioether (sulfide) groups is 1. The number of hydrogen-bond acceptors (Lipinski definition) is 5. The Morgan fingerprint density at radius 1 is 1.18 bits per heavy atom. The molecule has 3 aromatic rings. The molecule has 2 heterocycles. The van der Waals surface area contributed by atoms with E-state index in [2.05, 4.69) is 40.4 Å². The van der Waals surface area contributed by atoms with Gasteiger partial charge >= 0.3 is 0 Å². The van der Waals surface area contributed by atoms with Crippen molar-refractivity contribution in [2.24, 2.45) is 0 Å². The van der Waals surface area contributed by atoms with Crippen LogP contribution in [-0.2, 0) is 5.75 Å². The van der Waals surface area contributed by atoms with Crippen molar-refractivity contribution >= 4 is 23.4 Å². The summed E-state index contributed by atoms with van der Waals surface area (Å²) >= 11 is 7.36. The minimum absolute atomic E-state index is 0.494. The van der Waals surface area contributed by atoms with E-state index in [1.54, 1.807) is 28.7 Å². The van der Waals surface area contributed by atoms with Crippen LogP contribution in [0, 0.1) is 13.8 Å². The second kappa shape index (κ2) is 6.46. The Labute approximate surface area is 137 Å². The molecule has 0 N–H and O–H groups in total. The number of benzene rings is 1. The van der Waals surface area contributed by atoms with Gasteiger partial charge in [0.05, 0.1) is 5.69 Å². The average molecular weight is 332 g/mol. The monoisotopic (exact) mass is 331 g/mol. The normalized spacial score (nSPS) is 10.9. The molecule has 0 saturated carbocycles. The molecule has 3 rings (SSSR count). The summed E-state index contributed by atoms with van der Waals surface area (Å²) in [4.78, 5) is 4.08. The Hall–Kier alpha value is -1.92. The zero-order valence-corrected chi connectivity index (χ0v) is 13.8. The van der Waals surface area contributed by atoms with E-state index in [-0.39, 0.29) is 0 Å². The number of pyridine rings is 1. The van der Waals surface area contributed by atoms with Gasteiger partial charge in [-0.25, -0.2) is 4.98 Å². The molecule has 5 nitrogen and oxygen atoms in total. The molecule has 0 unspecified atom stereocenters. The van der Waals surface area contributed by atoms with E-state index in [0.717, 1.165) is 22.2 Å². The van der Waals surface area contributed by atoms with E-state index in [4.69, 9.17) is 11.6 Å². The summed E-state index contributed by atoms with van der Waals surface area (Å²) < 4.78 is 1.77. The summed E-state index contributed by atoms with van der Waals surface area (Å²) in [6.45, 7) is 4.15. The predicted molar refractivity (Wildman–Crippen MR) is 87.4 cm³/mol. The summed E-state index contributed by atoms with van der Waals surface area (Å²) in [5.41, 5.74) is 4.46. The van der Waals surface area contributed by atoms with E-state index in [1.165, 1.54) is 11.1 Å². The van der Waals surface area contributed by atoms with E-state index in [1.807, 2.05) is 18.2 Å². The van der Waals surface area contributed by atoms with Crippen molar-refractivity contribution in [2.45, 2.75) is 24.8 Å². The van der Waals surface area contributed by atoms with E-state index < -0.39 is 0 Å². The third-order valence-corrected chi connectivity index (χ3v) is 4.62. The highest BCUT2D eigenvalue weighted by Gasteiger charge is 2.12. The maximum absolute atomic E-state index is 5.79. The van der Waals surface area contributed by atoms with Crippen LogP contribution in [0.1, 0.15) is 16.7 Å². The Bertz CT molecular complexity index is 785. The van der Waals surface area contributed by atoms with Crippen molar-refractivity contribution in [3.05, 3.63) is 58.4 Å². The first-order chi connectivity index (χ1) is 10.6. The summed E-state index contributed by atoms with van der Waals surface area (Å²) in [5.74, 6) is 0.732. The quantitative estimate of drug-likeness (QED) is 0.540. The second-order valence-corrected chi connectivity index (χ2v) is 6.20. The summed E-state index contributed by atoms with van der Waals surface area (Å²) in [6.07, 6.45) is 1.77. The summed E-state index contributed by atoms with van der Waals surface area (Å²) in [5, 5.41) is 13.3. The Kier molecular flexibility index (Phi) is 4.40. The SMILES string of the molecule is Cc1cccc(-n2nnnc2SCc2ccc(Cl)nc2)c1C. The molecule has 0 aliphatic carbocycles. The summed E-state index contributed by atoms with van der Waals surface area (Å²) in [6, 6.07) is 9.85. The average Bonchev–Trinajstić information content (AvgIpc) is 2.98. The fourth-order valence-corrected chi connectivity index (χ4v) is 2.95. The van der Waals surface area contributed by atoms with Gasteiger partial charge in [-0.05, 0) is 53.1 Å². The van der Waals surface area contributed by atoms with Crippen molar-refractivity contribution in [3.63, 3.8) is 0 Å². The molecule has 0 bridgehead atoms. The van der Waals surface area contributed by atoms with Crippen LogP contribution in [0.25, 0.3) is 5.69 Å². The molecular weight excluding hydrogens is 318 g/mol. The van der Waals surface area contributed by atoms with Gasteiger partial charge in [-0.1, -0.05) is 41.6 Å². The van der Waals surface area contributed by atoms with Gasteiger partial charge in [0.1, 0.15) is 5.15 Å². The first-order valence-electron chi connectivity index (χ1n) is 6.73. The topological polar surface area (TPSA) is 56.5 Å². The van der Waals surface area contributed by atoms with Crippen molar-refractivity contribution in [3.8, 4) is 5.69 Å². The maximum Gasteiger partial charge on any atom is 0.214 e. The van der Waals surface area contributed by atoms with Gasteiger partial charge < -0.3 is 0 Å². The molecule has 0 amide bonds. The first-order valence-corrected chi connectivity index (χ1v) is 8.09. The van der Waals surface area contributed by atoms with Crippen LogP contribution >= 0.6 is 23.4 Å². The van der Waals surface area contributed by atoms with Crippen molar-refractivity contribution in [1.29, 1.82) is 0 Å². The fourth-order valence-electron chi connectivity index (χ4n) is 2.02. The molecular formula is C15H14ClN5S. The molecule has 22 heavy (non-hydrogen) atoms. The minimum Gasteiger partial charge on any atom is -0.244 e. The Morgan fingerprint density at radius 3 is 2.82 bits per heavy atom. The number of hydrogen-bond donors (Lipinski definition) is 0. The predicted octanol–water partition coefficient (Wildman–Crippen LogP) is 3.62. The number of halogens is 1. The van der Waals surface area contributed by atoms with Gasteiger partial charge in [0.2, 0.25) is 5.16 Å². The number of rotatable bonds is 4. The summed E-state index contributed by atoms with van der Waals surface area (Å²) in [7, 11) is 0. The highest BCUT2D eigenvalue weighted by atomic mass is 35.5. The highest BCUT2D eigenvalue weighted by molar-refractivity contribution is 7.98. The number of aromatic nitrogens is 5. The lowest BCUT2D eigenvalue weighted by Crippen LogP contribution is -2.02. The number of tetrazole rings is 1. The van der Waals surface area contributed by atoms with Crippen LogP contribution in [0.3, 0.4) is 0 Å². The highest BCUT2D eigenvalue weighted by Crippen LogP contribution is 2.24. The van der Waals surface area contributed by atoms with Gasteiger partial charge in [0.15, 0.2) is 0 Å². The van der Waals surface area contributed by atoms with Crippen molar-refractivity contribution in [2.75, 3.05) is 0 Å². The lowest BCUT2D eigenvalue weighted by molar-refractivity contribution is 0.751. The van der Waals surface area contributed by atoms with E-state index >= 15 is 0 Å². The van der Waals surface area contributed by atoms with Gasteiger partial charge in [0.25, 0.3) is 0 Å². The van der Waals surface area contributed by atoms with Crippen LogP contribution in [0.4, 0.5) is 0 Å². The lowest BCUT2D eigenvalue weighted by atomic mass is 10.1. The molecule has 1 aromatic carbocycles. The van der Waals surface area contributed by atoms with Crippen LogP contribution < -0.4 is 0 Å². The van der Waals surface area contributed by atoms with E-state index in [9.17, 15) is 0 Å². The molecule has 0 saturated heterocycles. The molecule has 0 spiro atoms. The molecule has 112 valence electrons. The Morgan fingerprint density at radius 2 is 2.05 bits per heavy atom. The molecule has 0 aliphatic rings. The molecule has 7 heteroatoms. The van der Waals surface area contributed by atoms with Gasteiger partial charge in [-0.15, -0.1) is 5.10 Å². The van der Waals surface area contributed by atoms with Gasteiger partial charge in [-0.3, -0.25) is 0 Å². The van der Waals surface area contributed by atoms with Crippen LogP contribution in [0.2, 0.25) is 5.15 Å². The number of aryl methyl sites for hydroxylation is 1. The zero-order chi connectivity index (χ0) is 15.5. The second-order valence-electron chi connectivity index (χ2n) is 4.87. The zero-order valence-electron chi connectivity index (χ0n) is 12.2. The standard InChI is InChI=1S/C15H14ClN5S/c1-10-4-3-5-13(11(10)2)21-15(18-19-20-21)22-9-12-6-7-14(16)17-8-12/h3-8H,9H2,1-2H3. The van der Waals surface area contributed by atoms with Crippen LogP contribution in [0.15, 0.2) is 41.7 Å².